The number of carbonyl (C=O) groups is 3. The van der Waals surface area contributed by atoms with Gasteiger partial charge in [-0.3, -0.25) is 23.7 Å². The lowest BCUT2D eigenvalue weighted by Crippen LogP contribution is -2.33. The molecule has 1 N–H and O–H groups in total. The smallest absolute Gasteiger partial charge is 0.308 e. The van der Waals surface area contributed by atoms with Crippen molar-refractivity contribution in [1.82, 2.24) is 4.57 Å². The van der Waals surface area contributed by atoms with Crippen LogP contribution >= 0.6 is 34.7 Å². The zero-order valence-corrected chi connectivity index (χ0v) is 25.1. The molecule has 2 aliphatic rings. The number of nitrogens with zero attached hydrogens (tertiary/aromatic N) is 2. The van der Waals surface area contributed by atoms with Crippen molar-refractivity contribution in [2.24, 2.45) is 5.92 Å². The molecule has 220 valence electrons. The Morgan fingerprint density at radius 3 is 2.33 bits per heavy atom. The van der Waals surface area contributed by atoms with Crippen LogP contribution in [-0.4, -0.2) is 41.8 Å². The molecular formula is C30H23ClFN3O6S2. The van der Waals surface area contributed by atoms with Gasteiger partial charge in [-0.15, -0.1) is 0 Å². The van der Waals surface area contributed by atoms with Gasteiger partial charge in [-0.25, -0.2) is 9.29 Å². The highest BCUT2D eigenvalue weighted by molar-refractivity contribution is 8.00. The van der Waals surface area contributed by atoms with Gasteiger partial charge < -0.3 is 14.8 Å². The van der Waals surface area contributed by atoms with Crippen molar-refractivity contribution < 1.29 is 28.2 Å². The summed E-state index contributed by atoms with van der Waals surface area (Å²) >= 11 is 7.96. The zero-order chi connectivity index (χ0) is 30.4. The summed E-state index contributed by atoms with van der Waals surface area (Å²) in [4.78, 5) is 55.4. The van der Waals surface area contributed by atoms with E-state index >= 15 is 0 Å². The number of thiazole rings is 1. The molecular weight excluding hydrogens is 617 g/mol. The average Bonchev–Trinajstić information content (AvgIpc) is 3.44. The molecule has 2 aliphatic heterocycles. The number of carbonyl (C=O) groups excluding carboxylic acids is 3. The molecule has 43 heavy (non-hydrogen) atoms. The zero-order valence-electron chi connectivity index (χ0n) is 22.7. The number of imide groups is 1. The molecule has 9 nitrogen and oxygen atoms in total. The van der Waals surface area contributed by atoms with Gasteiger partial charge in [-0.2, -0.15) is 0 Å². The number of benzene rings is 3. The molecule has 0 radical (unpaired) electrons. The minimum absolute atomic E-state index is 0.251. The van der Waals surface area contributed by atoms with Gasteiger partial charge in [0.15, 0.2) is 11.5 Å². The van der Waals surface area contributed by atoms with Gasteiger partial charge in [0.2, 0.25) is 17.7 Å². The quantitative estimate of drug-likeness (QED) is 0.279. The molecule has 6 rings (SSSR count). The molecule has 3 atom stereocenters. The maximum atomic E-state index is 14.0. The number of aromatic nitrogens is 1. The summed E-state index contributed by atoms with van der Waals surface area (Å²) in [7, 11) is 2.99. The fraction of sp³-hybridized carbons (Fsp3) is 0.200. The van der Waals surface area contributed by atoms with Crippen LogP contribution in [0.3, 0.4) is 0 Å². The van der Waals surface area contributed by atoms with E-state index < -0.39 is 45.5 Å². The van der Waals surface area contributed by atoms with Gasteiger partial charge in [0.1, 0.15) is 17.6 Å². The largest absolute Gasteiger partial charge is 0.493 e. The van der Waals surface area contributed by atoms with Crippen LogP contribution in [0.2, 0.25) is 5.02 Å². The van der Waals surface area contributed by atoms with Crippen LogP contribution in [0.5, 0.6) is 11.5 Å². The van der Waals surface area contributed by atoms with E-state index in [1.54, 1.807) is 42.5 Å². The number of anilines is 2. The second-order valence-electron chi connectivity index (χ2n) is 9.82. The van der Waals surface area contributed by atoms with Crippen molar-refractivity contribution in [3.05, 3.63) is 97.7 Å². The lowest BCUT2D eigenvalue weighted by Gasteiger charge is -2.31. The Labute approximate surface area is 258 Å². The van der Waals surface area contributed by atoms with Crippen LogP contribution in [-0.2, 0) is 20.9 Å². The number of hydrogen-bond donors (Lipinski definition) is 1. The molecule has 3 heterocycles. The average molecular weight is 640 g/mol. The topological polar surface area (TPSA) is 107 Å². The number of fused-ring (bicyclic) bond motifs is 2. The normalized spacial score (nSPS) is 19.2. The fourth-order valence-corrected chi connectivity index (χ4v) is 8.28. The molecule has 3 unspecified atom stereocenters. The van der Waals surface area contributed by atoms with Crippen LogP contribution in [0.4, 0.5) is 15.8 Å². The van der Waals surface area contributed by atoms with E-state index in [1.165, 1.54) is 43.1 Å². The summed E-state index contributed by atoms with van der Waals surface area (Å²) in [5.74, 6) is -2.59. The number of ether oxygens (including phenoxy) is 2. The maximum Gasteiger partial charge on any atom is 0.308 e. The van der Waals surface area contributed by atoms with E-state index in [9.17, 15) is 23.6 Å². The highest BCUT2D eigenvalue weighted by Crippen LogP contribution is 2.54. The number of methoxy groups -OCH3 is 2. The van der Waals surface area contributed by atoms with E-state index in [1.807, 2.05) is 0 Å². The van der Waals surface area contributed by atoms with Gasteiger partial charge in [-0.05, 0) is 66.2 Å². The van der Waals surface area contributed by atoms with Crippen LogP contribution in [0.1, 0.15) is 16.4 Å². The van der Waals surface area contributed by atoms with E-state index in [4.69, 9.17) is 21.1 Å². The van der Waals surface area contributed by atoms with Crippen LogP contribution < -0.4 is 24.6 Å². The lowest BCUT2D eigenvalue weighted by atomic mass is 9.83. The Balaban J connectivity index is 1.43. The highest BCUT2D eigenvalue weighted by Gasteiger charge is 2.57. The van der Waals surface area contributed by atoms with Gasteiger partial charge in [0.25, 0.3) is 0 Å². The standard InChI is InChI=1S/C30H23ClFN3O6S2/c1-40-20-12-3-15(13-21(20)41-2)23-24-25(28(38)35(27(24)37)19-10-6-17(32)7-11-19)42-29-26(23)43-30(39)34(29)14-22(36)33-18-8-4-16(31)5-9-18/h3-13,23-25H,14H2,1-2H3,(H,33,36). The molecule has 13 heteroatoms. The predicted octanol–water partition coefficient (Wildman–Crippen LogP) is 5.15. The molecule has 1 fully saturated rings. The monoisotopic (exact) mass is 639 g/mol. The summed E-state index contributed by atoms with van der Waals surface area (Å²) < 4.78 is 25.9. The first-order chi connectivity index (χ1) is 20.7. The van der Waals surface area contributed by atoms with Gasteiger partial charge in [0, 0.05) is 21.5 Å². The second kappa shape index (κ2) is 11.5. The minimum atomic E-state index is -0.900. The number of amides is 3. The predicted molar refractivity (Wildman–Crippen MR) is 162 cm³/mol. The first-order valence-electron chi connectivity index (χ1n) is 13.0. The molecule has 0 bridgehead atoms. The van der Waals surface area contributed by atoms with Crippen molar-refractivity contribution in [1.29, 1.82) is 0 Å². The van der Waals surface area contributed by atoms with E-state index in [0.717, 1.165) is 28.0 Å². The Morgan fingerprint density at radius 2 is 1.65 bits per heavy atom. The molecule has 3 aromatic carbocycles. The summed E-state index contributed by atoms with van der Waals surface area (Å²) in [6.07, 6.45) is 0. The van der Waals surface area contributed by atoms with Crippen LogP contribution in [0, 0.1) is 11.7 Å². The SMILES string of the molecule is COc1ccc(C2c3sc(=O)n(CC(=O)Nc4ccc(Cl)cc4)c3SC3C(=O)N(c4ccc(F)cc4)C(=O)C32)cc1OC. The Morgan fingerprint density at radius 1 is 0.953 bits per heavy atom. The first-order valence-corrected chi connectivity index (χ1v) is 15.1. The van der Waals surface area contributed by atoms with Crippen LogP contribution in [0.15, 0.2) is 76.6 Å². The minimum Gasteiger partial charge on any atom is -0.493 e. The second-order valence-corrected chi connectivity index (χ2v) is 12.4. The number of hydrogen-bond acceptors (Lipinski definition) is 8. The Kier molecular flexibility index (Phi) is 7.75. The number of nitrogens with one attached hydrogen (secondary N) is 1. The Hall–Kier alpha value is -4.13. The summed E-state index contributed by atoms with van der Waals surface area (Å²) in [6, 6.07) is 16.9. The Bertz CT molecular complexity index is 1810. The van der Waals surface area contributed by atoms with Gasteiger partial charge >= 0.3 is 4.87 Å². The molecule has 0 saturated carbocycles. The molecule has 3 amide bonds. The lowest BCUT2D eigenvalue weighted by molar-refractivity contribution is -0.122. The van der Waals surface area contributed by atoms with Gasteiger partial charge in [-0.1, -0.05) is 40.8 Å². The molecule has 4 aromatic rings. The first kappa shape index (κ1) is 29.0. The highest BCUT2D eigenvalue weighted by atomic mass is 35.5. The van der Waals surface area contributed by atoms with E-state index in [-0.39, 0.29) is 12.2 Å². The maximum absolute atomic E-state index is 14.0. The van der Waals surface area contributed by atoms with Crippen molar-refractivity contribution in [3.8, 4) is 11.5 Å². The van der Waals surface area contributed by atoms with Crippen molar-refractivity contribution in [3.63, 3.8) is 0 Å². The van der Waals surface area contributed by atoms with Crippen LogP contribution in [0.25, 0.3) is 0 Å². The number of rotatable bonds is 7. The van der Waals surface area contributed by atoms with Crippen molar-refractivity contribution in [2.45, 2.75) is 22.7 Å². The summed E-state index contributed by atoms with van der Waals surface area (Å²) in [5, 5.41) is 2.80. The summed E-state index contributed by atoms with van der Waals surface area (Å²) in [6.45, 7) is -0.305. The van der Waals surface area contributed by atoms with E-state index in [2.05, 4.69) is 5.32 Å². The molecule has 1 aromatic heterocycles. The third kappa shape index (κ3) is 5.19. The molecule has 0 spiro atoms. The number of halogens is 2. The van der Waals surface area contributed by atoms with Gasteiger partial charge in [0.05, 0.1) is 30.9 Å². The van der Waals surface area contributed by atoms with Crippen molar-refractivity contribution >= 4 is 63.8 Å². The third-order valence-corrected chi connectivity index (χ3v) is 10.2. The molecule has 1 saturated heterocycles. The summed E-state index contributed by atoms with van der Waals surface area (Å²) in [5.41, 5.74) is 1.39. The number of thioether (sulfide) groups is 1. The van der Waals surface area contributed by atoms with E-state index in [0.29, 0.717) is 37.7 Å². The third-order valence-electron chi connectivity index (χ3n) is 7.33. The van der Waals surface area contributed by atoms with Crippen molar-refractivity contribution in [2.75, 3.05) is 24.4 Å². The molecule has 0 aliphatic carbocycles. The fourth-order valence-electron chi connectivity index (χ4n) is 5.38.